The zero-order valence-corrected chi connectivity index (χ0v) is 10.7. The normalized spacial score (nSPS) is 20.3. The number of rotatable bonds is 1. The molecule has 0 amide bonds. The number of hydrogen-bond acceptors (Lipinski definition) is 3. The SMILES string of the molecule is C[S@@](=O)[C@@H]1COc2c(ccc3ccccc23)C1=O. The second-order valence-corrected chi connectivity index (χ2v) is 5.89. The maximum atomic E-state index is 12.2. The van der Waals surface area contributed by atoms with E-state index < -0.39 is 16.0 Å². The quantitative estimate of drug-likeness (QED) is 0.789. The second kappa shape index (κ2) is 4.21. The van der Waals surface area contributed by atoms with Gasteiger partial charge in [0, 0.05) is 22.4 Å². The van der Waals surface area contributed by atoms with Gasteiger partial charge in [0.05, 0.1) is 5.56 Å². The molecule has 2 aromatic rings. The third kappa shape index (κ3) is 1.64. The van der Waals surface area contributed by atoms with Gasteiger partial charge in [-0.2, -0.15) is 0 Å². The fraction of sp³-hybridized carbons (Fsp3) is 0.214. The molecular weight excluding hydrogens is 248 g/mol. The fourth-order valence-electron chi connectivity index (χ4n) is 2.25. The summed E-state index contributed by atoms with van der Waals surface area (Å²) >= 11 is 0. The molecule has 0 aromatic heterocycles. The molecule has 0 saturated heterocycles. The first-order chi connectivity index (χ1) is 8.68. The lowest BCUT2D eigenvalue weighted by atomic mass is 9.99. The van der Waals surface area contributed by atoms with Crippen LogP contribution in [0.2, 0.25) is 0 Å². The molecule has 1 heterocycles. The van der Waals surface area contributed by atoms with E-state index in [9.17, 15) is 9.00 Å². The molecule has 1 aliphatic rings. The van der Waals surface area contributed by atoms with Crippen molar-refractivity contribution in [1.29, 1.82) is 0 Å². The minimum absolute atomic E-state index is 0.0807. The van der Waals surface area contributed by atoms with Gasteiger partial charge in [-0.3, -0.25) is 9.00 Å². The van der Waals surface area contributed by atoms with Crippen molar-refractivity contribution in [3.05, 3.63) is 42.0 Å². The first kappa shape index (κ1) is 11.4. The molecule has 18 heavy (non-hydrogen) atoms. The third-order valence-corrected chi connectivity index (χ3v) is 4.37. The number of ether oxygens (including phenoxy) is 1. The van der Waals surface area contributed by atoms with Crippen molar-refractivity contribution in [3.63, 3.8) is 0 Å². The average molecular weight is 260 g/mol. The Bertz CT molecular complexity index is 663. The van der Waals surface area contributed by atoms with Crippen molar-refractivity contribution in [2.24, 2.45) is 0 Å². The van der Waals surface area contributed by atoms with Crippen LogP contribution in [0.25, 0.3) is 10.8 Å². The van der Waals surface area contributed by atoms with Crippen molar-refractivity contribution in [2.75, 3.05) is 12.9 Å². The van der Waals surface area contributed by atoms with Crippen LogP contribution in [0.15, 0.2) is 36.4 Å². The van der Waals surface area contributed by atoms with Crippen LogP contribution in [0, 0.1) is 0 Å². The molecule has 92 valence electrons. The number of carbonyl (C=O) groups excluding carboxylic acids is 1. The number of ketones is 1. The zero-order chi connectivity index (χ0) is 12.7. The topological polar surface area (TPSA) is 43.4 Å². The van der Waals surface area contributed by atoms with E-state index in [4.69, 9.17) is 4.74 Å². The van der Waals surface area contributed by atoms with E-state index in [0.717, 1.165) is 10.8 Å². The van der Waals surface area contributed by atoms with E-state index in [2.05, 4.69) is 0 Å². The lowest BCUT2D eigenvalue weighted by molar-refractivity contribution is 0.0942. The molecule has 2 atom stereocenters. The summed E-state index contributed by atoms with van der Waals surface area (Å²) in [4.78, 5) is 12.2. The molecule has 0 unspecified atom stereocenters. The first-order valence-corrected chi connectivity index (χ1v) is 7.31. The Morgan fingerprint density at radius 3 is 2.78 bits per heavy atom. The van der Waals surface area contributed by atoms with Crippen LogP contribution >= 0.6 is 0 Å². The molecule has 3 rings (SSSR count). The first-order valence-electron chi connectivity index (χ1n) is 5.69. The van der Waals surface area contributed by atoms with Crippen LogP contribution in [0.4, 0.5) is 0 Å². The maximum absolute atomic E-state index is 12.2. The Kier molecular flexibility index (Phi) is 2.67. The van der Waals surface area contributed by atoms with Gasteiger partial charge in [-0.05, 0) is 11.5 Å². The van der Waals surface area contributed by atoms with Gasteiger partial charge >= 0.3 is 0 Å². The van der Waals surface area contributed by atoms with Gasteiger partial charge in [0.25, 0.3) is 0 Å². The molecule has 4 heteroatoms. The summed E-state index contributed by atoms with van der Waals surface area (Å²) in [6.07, 6.45) is 1.54. The van der Waals surface area contributed by atoms with Crippen molar-refractivity contribution in [3.8, 4) is 5.75 Å². The number of hydrogen-bond donors (Lipinski definition) is 0. The smallest absolute Gasteiger partial charge is 0.185 e. The van der Waals surface area contributed by atoms with Gasteiger partial charge < -0.3 is 4.74 Å². The monoisotopic (exact) mass is 260 g/mol. The molecule has 0 saturated carbocycles. The largest absolute Gasteiger partial charge is 0.490 e. The molecule has 0 aliphatic carbocycles. The van der Waals surface area contributed by atoms with Gasteiger partial charge in [-0.1, -0.05) is 30.3 Å². The number of Topliss-reactive ketones (excluding diaryl/α,β-unsaturated/α-hetero) is 1. The predicted octanol–water partition coefficient (Wildman–Crippen LogP) is 2.16. The Morgan fingerprint density at radius 2 is 2.00 bits per heavy atom. The Labute approximate surface area is 107 Å². The summed E-state index contributed by atoms with van der Waals surface area (Å²) in [5.74, 6) is 0.544. The zero-order valence-electron chi connectivity index (χ0n) is 9.88. The van der Waals surface area contributed by atoms with Gasteiger partial charge in [0.15, 0.2) is 5.78 Å². The molecule has 0 bridgehead atoms. The highest BCUT2D eigenvalue weighted by Crippen LogP contribution is 2.34. The molecule has 0 radical (unpaired) electrons. The van der Waals surface area contributed by atoms with Gasteiger partial charge in [0.2, 0.25) is 0 Å². The van der Waals surface area contributed by atoms with Crippen LogP contribution < -0.4 is 4.74 Å². The average Bonchev–Trinajstić information content (AvgIpc) is 2.38. The van der Waals surface area contributed by atoms with E-state index in [1.807, 2.05) is 30.3 Å². The number of benzene rings is 2. The minimum atomic E-state index is -1.20. The van der Waals surface area contributed by atoms with Crippen LogP contribution in [0.3, 0.4) is 0 Å². The molecule has 1 aliphatic heterocycles. The summed E-state index contributed by atoms with van der Waals surface area (Å²) in [6.45, 7) is 0.197. The Morgan fingerprint density at radius 1 is 1.22 bits per heavy atom. The number of fused-ring (bicyclic) bond motifs is 3. The summed E-state index contributed by atoms with van der Waals surface area (Å²) in [7, 11) is -1.20. The lowest BCUT2D eigenvalue weighted by Gasteiger charge is -2.23. The Hall–Kier alpha value is -1.68. The van der Waals surface area contributed by atoms with Crippen molar-refractivity contribution < 1.29 is 13.7 Å². The fourth-order valence-corrected chi connectivity index (χ4v) is 2.94. The van der Waals surface area contributed by atoms with Gasteiger partial charge in [-0.25, -0.2) is 0 Å². The number of carbonyl (C=O) groups is 1. The molecule has 0 spiro atoms. The summed E-state index contributed by atoms with van der Waals surface area (Å²) in [5, 5.41) is 1.43. The summed E-state index contributed by atoms with van der Waals surface area (Å²) in [5.41, 5.74) is 0.542. The lowest BCUT2D eigenvalue weighted by Crippen LogP contribution is -2.36. The Balaban J connectivity index is 2.21. The molecular formula is C14H12O3S. The summed E-state index contributed by atoms with van der Waals surface area (Å²) in [6, 6.07) is 11.4. The van der Waals surface area contributed by atoms with Crippen molar-refractivity contribution in [2.45, 2.75) is 5.25 Å². The minimum Gasteiger partial charge on any atom is -0.490 e. The van der Waals surface area contributed by atoms with E-state index in [0.29, 0.717) is 11.3 Å². The van der Waals surface area contributed by atoms with E-state index in [-0.39, 0.29) is 12.4 Å². The van der Waals surface area contributed by atoms with E-state index in [1.165, 1.54) is 6.26 Å². The van der Waals surface area contributed by atoms with Crippen molar-refractivity contribution >= 4 is 27.4 Å². The van der Waals surface area contributed by atoms with Gasteiger partial charge in [-0.15, -0.1) is 0 Å². The van der Waals surface area contributed by atoms with Crippen LogP contribution in [-0.2, 0) is 10.8 Å². The van der Waals surface area contributed by atoms with E-state index >= 15 is 0 Å². The molecule has 2 aromatic carbocycles. The highest BCUT2D eigenvalue weighted by molar-refractivity contribution is 7.85. The molecule has 0 N–H and O–H groups in total. The predicted molar refractivity (Wildman–Crippen MR) is 71.6 cm³/mol. The highest BCUT2D eigenvalue weighted by Gasteiger charge is 2.32. The van der Waals surface area contributed by atoms with Crippen LogP contribution in [0.1, 0.15) is 10.4 Å². The maximum Gasteiger partial charge on any atom is 0.185 e. The second-order valence-electron chi connectivity index (χ2n) is 4.33. The van der Waals surface area contributed by atoms with Crippen molar-refractivity contribution in [1.82, 2.24) is 0 Å². The molecule has 3 nitrogen and oxygen atoms in total. The van der Waals surface area contributed by atoms with Gasteiger partial charge in [0.1, 0.15) is 17.6 Å². The van der Waals surface area contributed by atoms with E-state index in [1.54, 1.807) is 6.07 Å². The highest BCUT2D eigenvalue weighted by atomic mass is 32.2. The van der Waals surface area contributed by atoms with Crippen LogP contribution in [-0.4, -0.2) is 28.1 Å². The third-order valence-electron chi connectivity index (χ3n) is 3.22. The van der Waals surface area contributed by atoms with Crippen LogP contribution in [0.5, 0.6) is 5.75 Å². The summed E-state index contributed by atoms with van der Waals surface area (Å²) < 4.78 is 17.2. The standard InChI is InChI=1S/C14H12O3S/c1-18(16)12-8-17-14-10-5-3-2-4-9(10)6-7-11(14)13(12)15/h2-7,12H,8H2,1H3/t12-,18-/m1/s1. The molecule has 0 fully saturated rings.